The number of carbonyl (C=O) groups excluding carboxylic acids is 3. The van der Waals surface area contributed by atoms with Crippen LogP contribution in [0.3, 0.4) is 0 Å². The Morgan fingerprint density at radius 2 is 0.549 bits per heavy atom. The third-order valence-electron chi connectivity index (χ3n) is 12.9. The van der Waals surface area contributed by atoms with Crippen LogP contribution < -0.4 is 0 Å². The summed E-state index contributed by atoms with van der Waals surface area (Å²) >= 11 is 0. The predicted molar refractivity (Wildman–Crippen MR) is 307 cm³/mol. The van der Waals surface area contributed by atoms with Crippen molar-refractivity contribution in [3.8, 4) is 0 Å². The quantitative estimate of drug-likeness (QED) is 0.0261. The second-order valence-corrected chi connectivity index (χ2v) is 19.9. The maximum atomic E-state index is 12.9. The molecule has 0 radical (unpaired) electrons. The zero-order valence-corrected chi connectivity index (χ0v) is 46.7. The normalized spacial score (nSPS) is 12.7. The van der Waals surface area contributed by atoms with Gasteiger partial charge in [-0.3, -0.25) is 14.4 Å². The molecule has 71 heavy (non-hydrogen) atoms. The molecule has 0 aromatic rings. The molecule has 0 saturated heterocycles. The standard InChI is InChI=1S/C65H112O6/c1-4-7-10-13-16-19-22-25-27-28-29-30-31-32-33-34-35-36-38-40-43-46-49-52-55-58-64(67)70-61-62(60-69-63(66)57-54-51-48-45-42-39-24-21-18-15-12-9-6-3)71-65(68)59-56-53-50-47-44-41-37-26-23-20-17-14-11-8-5-2/h7,10,16-17,19-20,25-27,29-30,32-33,37,62H,4-6,8-9,11-15,18,21-24,28,31,34-36,38-61H2,1-3H3/b10-7-,19-16-,20-17-,27-25-,30-29-,33-32-,37-26-. The number of esters is 3. The fourth-order valence-electron chi connectivity index (χ4n) is 8.38. The Labute approximate surface area is 439 Å². The fraction of sp³-hybridized carbons (Fsp3) is 0.738. The molecule has 0 aliphatic rings. The number of unbranched alkanes of at least 4 members (excludes halogenated alkanes) is 29. The van der Waals surface area contributed by atoms with Gasteiger partial charge in [-0.2, -0.15) is 0 Å². The molecule has 0 aliphatic carbocycles. The Kier molecular flexibility index (Phi) is 56.3. The molecule has 1 atom stereocenters. The number of allylic oxidation sites excluding steroid dienone is 14. The van der Waals surface area contributed by atoms with Gasteiger partial charge in [0.1, 0.15) is 13.2 Å². The molecule has 0 aromatic heterocycles. The number of hydrogen-bond acceptors (Lipinski definition) is 6. The van der Waals surface area contributed by atoms with Crippen LogP contribution in [-0.2, 0) is 28.6 Å². The van der Waals surface area contributed by atoms with Crippen molar-refractivity contribution in [2.45, 2.75) is 297 Å². The first-order valence-electron chi connectivity index (χ1n) is 30.1. The first kappa shape index (κ1) is 67.6. The number of rotatable bonds is 54. The number of carbonyl (C=O) groups is 3. The lowest BCUT2D eigenvalue weighted by atomic mass is 10.0. The van der Waals surface area contributed by atoms with Crippen molar-refractivity contribution in [1.82, 2.24) is 0 Å². The van der Waals surface area contributed by atoms with Crippen LogP contribution >= 0.6 is 0 Å². The molecule has 0 aromatic carbocycles. The van der Waals surface area contributed by atoms with Crippen molar-refractivity contribution in [3.63, 3.8) is 0 Å². The molecule has 0 fully saturated rings. The Bertz CT molecular complexity index is 1370. The molecule has 408 valence electrons. The van der Waals surface area contributed by atoms with Crippen LogP contribution in [0.4, 0.5) is 0 Å². The Balaban J connectivity index is 4.32. The van der Waals surface area contributed by atoms with Gasteiger partial charge >= 0.3 is 17.9 Å². The Morgan fingerprint density at radius 3 is 0.887 bits per heavy atom. The minimum Gasteiger partial charge on any atom is -0.462 e. The van der Waals surface area contributed by atoms with E-state index in [1.165, 1.54) is 128 Å². The molecule has 0 aliphatic heterocycles. The van der Waals surface area contributed by atoms with Crippen molar-refractivity contribution in [3.05, 3.63) is 85.1 Å². The smallest absolute Gasteiger partial charge is 0.306 e. The summed E-state index contributed by atoms with van der Waals surface area (Å²) in [5, 5.41) is 0. The molecule has 0 rings (SSSR count). The van der Waals surface area contributed by atoms with Gasteiger partial charge in [-0.05, 0) is 96.3 Å². The third-order valence-corrected chi connectivity index (χ3v) is 12.9. The molecule has 1 unspecified atom stereocenters. The lowest BCUT2D eigenvalue weighted by Crippen LogP contribution is -2.30. The van der Waals surface area contributed by atoms with Gasteiger partial charge < -0.3 is 14.2 Å². The van der Waals surface area contributed by atoms with E-state index in [1.54, 1.807) is 0 Å². The molecule has 0 saturated carbocycles. The zero-order chi connectivity index (χ0) is 51.4. The van der Waals surface area contributed by atoms with Crippen LogP contribution in [0.15, 0.2) is 85.1 Å². The maximum Gasteiger partial charge on any atom is 0.306 e. The fourth-order valence-corrected chi connectivity index (χ4v) is 8.38. The van der Waals surface area contributed by atoms with Gasteiger partial charge in [0.25, 0.3) is 0 Å². The zero-order valence-electron chi connectivity index (χ0n) is 46.7. The van der Waals surface area contributed by atoms with Crippen LogP contribution in [-0.4, -0.2) is 37.2 Å². The van der Waals surface area contributed by atoms with Crippen LogP contribution in [0.5, 0.6) is 0 Å². The summed E-state index contributed by atoms with van der Waals surface area (Å²) in [6, 6.07) is 0. The highest BCUT2D eigenvalue weighted by molar-refractivity contribution is 5.71. The maximum absolute atomic E-state index is 12.9. The summed E-state index contributed by atoms with van der Waals surface area (Å²) in [6.45, 7) is 6.50. The van der Waals surface area contributed by atoms with Crippen LogP contribution in [0, 0.1) is 0 Å². The topological polar surface area (TPSA) is 78.9 Å². The van der Waals surface area contributed by atoms with Gasteiger partial charge in [-0.25, -0.2) is 0 Å². The van der Waals surface area contributed by atoms with Crippen LogP contribution in [0.2, 0.25) is 0 Å². The van der Waals surface area contributed by atoms with Gasteiger partial charge in [0.05, 0.1) is 0 Å². The lowest BCUT2D eigenvalue weighted by molar-refractivity contribution is -0.167. The van der Waals surface area contributed by atoms with Gasteiger partial charge in [-0.15, -0.1) is 0 Å². The summed E-state index contributed by atoms with van der Waals surface area (Å²) in [5.74, 6) is -0.893. The van der Waals surface area contributed by atoms with Crippen molar-refractivity contribution in [2.24, 2.45) is 0 Å². The molecule has 0 bridgehead atoms. The Morgan fingerprint density at radius 1 is 0.296 bits per heavy atom. The molecular formula is C65H112O6. The van der Waals surface area contributed by atoms with Gasteiger partial charge in [0.15, 0.2) is 6.10 Å². The SMILES string of the molecule is CC/C=C\C/C=C\C/C=C\C/C=C\C/C=C\CCCCCCCCCCCC(=O)OCC(COC(=O)CCCCCCCCCCCCCCC)OC(=O)CCCCCCC/C=C\C/C=C\CCCCC. The van der Waals surface area contributed by atoms with Crippen LogP contribution in [0.1, 0.15) is 290 Å². The number of ether oxygens (including phenoxy) is 3. The van der Waals surface area contributed by atoms with E-state index < -0.39 is 6.10 Å². The molecular weight excluding hydrogens is 877 g/mol. The molecule has 0 amide bonds. The summed E-state index contributed by atoms with van der Waals surface area (Å²) in [7, 11) is 0. The van der Waals surface area contributed by atoms with Gasteiger partial charge in [-0.1, -0.05) is 260 Å². The largest absolute Gasteiger partial charge is 0.462 e. The summed E-state index contributed by atoms with van der Waals surface area (Å²) in [5.41, 5.74) is 0. The van der Waals surface area contributed by atoms with Gasteiger partial charge in [0, 0.05) is 19.3 Å². The molecule has 6 heteroatoms. The second-order valence-electron chi connectivity index (χ2n) is 19.9. The first-order chi connectivity index (χ1) is 35.0. The molecule has 0 heterocycles. The van der Waals surface area contributed by atoms with E-state index in [2.05, 4.69) is 106 Å². The summed E-state index contributed by atoms with van der Waals surface area (Å²) < 4.78 is 16.9. The summed E-state index contributed by atoms with van der Waals surface area (Å²) in [6.07, 6.45) is 77.2. The molecule has 0 N–H and O–H groups in total. The average molecular weight is 990 g/mol. The van der Waals surface area contributed by atoms with Gasteiger partial charge in [0.2, 0.25) is 0 Å². The molecule has 6 nitrogen and oxygen atoms in total. The first-order valence-corrected chi connectivity index (χ1v) is 30.1. The highest BCUT2D eigenvalue weighted by Crippen LogP contribution is 2.16. The van der Waals surface area contributed by atoms with E-state index in [9.17, 15) is 14.4 Å². The van der Waals surface area contributed by atoms with E-state index in [0.717, 1.165) is 122 Å². The second kappa shape index (κ2) is 59.2. The Hall–Kier alpha value is -3.41. The van der Waals surface area contributed by atoms with E-state index in [0.29, 0.717) is 19.3 Å². The molecule has 0 spiro atoms. The van der Waals surface area contributed by atoms with Crippen molar-refractivity contribution >= 4 is 17.9 Å². The van der Waals surface area contributed by atoms with E-state index in [-0.39, 0.29) is 31.1 Å². The van der Waals surface area contributed by atoms with Crippen molar-refractivity contribution in [2.75, 3.05) is 13.2 Å². The number of hydrogen-bond donors (Lipinski definition) is 0. The highest BCUT2D eigenvalue weighted by atomic mass is 16.6. The average Bonchev–Trinajstić information content (AvgIpc) is 3.37. The van der Waals surface area contributed by atoms with E-state index >= 15 is 0 Å². The highest BCUT2D eigenvalue weighted by Gasteiger charge is 2.19. The van der Waals surface area contributed by atoms with Crippen molar-refractivity contribution < 1.29 is 28.6 Å². The predicted octanol–water partition coefficient (Wildman–Crippen LogP) is 20.3. The minimum atomic E-state index is -0.785. The monoisotopic (exact) mass is 989 g/mol. The van der Waals surface area contributed by atoms with Crippen LogP contribution in [0.25, 0.3) is 0 Å². The van der Waals surface area contributed by atoms with E-state index in [1.807, 2.05) is 0 Å². The summed E-state index contributed by atoms with van der Waals surface area (Å²) in [4.78, 5) is 38.2. The lowest BCUT2D eigenvalue weighted by Gasteiger charge is -2.18. The van der Waals surface area contributed by atoms with E-state index in [4.69, 9.17) is 14.2 Å². The minimum absolute atomic E-state index is 0.0815. The van der Waals surface area contributed by atoms with Crippen molar-refractivity contribution in [1.29, 1.82) is 0 Å². The third kappa shape index (κ3) is 57.4.